The van der Waals surface area contributed by atoms with Crippen LogP contribution in [0.5, 0.6) is 0 Å². The zero-order chi connectivity index (χ0) is 7.56. The number of hydrogen-bond donors (Lipinski definition) is 2. The number of aliphatic hydroxyl groups is 2. The second-order valence-corrected chi connectivity index (χ2v) is 2.13. The summed E-state index contributed by atoms with van der Waals surface area (Å²) in [5, 5.41) is 17.7. The molecule has 0 fully saturated rings. The fourth-order valence-electron chi connectivity index (χ4n) is 0.851. The van der Waals surface area contributed by atoms with Gasteiger partial charge in [0.2, 0.25) is 0 Å². The summed E-state index contributed by atoms with van der Waals surface area (Å²) in [5.74, 6) is 0.440. The summed E-state index contributed by atoms with van der Waals surface area (Å²) in [7, 11) is 0. The van der Waals surface area contributed by atoms with Gasteiger partial charge in [-0.25, -0.2) is 0 Å². The van der Waals surface area contributed by atoms with Crippen molar-refractivity contribution in [1.29, 1.82) is 0 Å². The van der Waals surface area contributed by atoms with Crippen LogP contribution in [0.2, 0.25) is 0 Å². The molecular formula is C7H10O3. The molecule has 0 aliphatic heterocycles. The molecule has 0 aromatic carbocycles. The lowest BCUT2D eigenvalue weighted by atomic mass is 10.2. The average Bonchev–Trinajstić information content (AvgIpc) is 2.33. The summed E-state index contributed by atoms with van der Waals surface area (Å²) < 4.78 is 4.87. The summed E-state index contributed by atoms with van der Waals surface area (Å²) in [6.45, 7) is 1.47. The third-order valence-corrected chi connectivity index (χ3v) is 1.37. The Morgan fingerprint density at radius 1 is 1.70 bits per heavy atom. The van der Waals surface area contributed by atoms with Crippen molar-refractivity contribution in [3.05, 3.63) is 23.7 Å². The quantitative estimate of drug-likeness (QED) is 0.642. The maximum atomic E-state index is 9.05. The number of furan rings is 1. The molecule has 56 valence electrons. The van der Waals surface area contributed by atoms with Crippen LogP contribution in [0.1, 0.15) is 24.4 Å². The molecule has 0 aliphatic carbocycles. The fraction of sp³-hybridized carbons (Fsp3) is 0.429. The molecule has 1 unspecified atom stereocenters. The Balaban J connectivity index is 2.90. The smallest absolute Gasteiger partial charge is 0.134 e. The van der Waals surface area contributed by atoms with Crippen LogP contribution in [0.25, 0.3) is 0 Å². The van der Waals surface area contributed by atoms with E-state index in [2.05, 4.69) is 0 Å². The van der Waals surface area contributed by atoms with Crippen molar-refractivity contribution in [1.82, 2.24) is 0 Å². The standard InChI is InChI=1S/C7H10O3/c1-5(9)6-2-3-10-7(6)4-8/h2-3,5,8-9H,4H2,1H3. The van der Waals surface area contributed by atoms with Gasteiger partial charge in [-0.1, -0.05) is 0 Å². The topological polar surface area (TPSA) is 53.6 Å². The predicted octanol–water partition coefficient (Wildman–Crippen LogP) is 0.825. The third kappa shape index (κ3) is 1.20. The first-order valence-electron chi connectivity index (χ1n) is 3.11. The van der Waals surface area contributed by atoms with E-state index in [1.807, 2.05) is 0 Å². The summed E-state index contributed by atoms with van der Waals surface area (Å²) in [5.41, 5.74) is 0.655. The molecule has 0 aliphatic rings. The minimum absolute atomic E-state index is 0.159. The van der Waals surface area contributed by atoms with Gasteiger partial charge in [0.25, 0.3) is 0 Å². The Morgan fingerprint density at radius 2 is 2.40 bits per heavy atom. The minimum Gasteiger partial charge on any atom is -0.467 e. The molecular weight excluding hydrogens is 132 g/mol. The molecule has 10 heavy (non-hydrogen) atoms. The molecule has 3 heteroatoms. The lowest BCUT2D eigenvalue weighted by Gasteiger charge is -2.00. The van der Waals surface area contributed by atoms with Gasteiger partial charge in [0.15, 0.2) is 0 Å². The largest absolute Gasteiger partial charge is 0.467 e. The summed E-state index contributed by atoms with van der Waals surface area (Å²) in [6, 6.07) is 1.65. The SMILES string of the molecule is CC(O)c1ccoc1CO. The van der Waals surface area contributed by atoms with Crippen molar-refractivity contribution >= 4 is 0 Å². The zero-order valence-electron chi connectivity index (χ0n) is 5.74. The van der Waals surface area contributed by atoms with E-state index in [1.165, 1.54) is 6.26 Å². The van der Waals surface area contributed by atoms with E-state index in [-0.39, 0.29) is 6.61 Å². The third-order valence-electron chi connectivity index (χ3n) is 1.37. The molecule has 3 nitrogen and oxygen atoms in total. The van der Waals surface area contributed by atoms with Gasteiger partial charge in [-0.15, -0.1) is 0 Å². The fourth-order valence-corrected chi connectivity index (χ4v) is 0.851. The Morgan fingerprint density at radius 3 is 2.80 bits per heavy atom. The lowest BCUT2D eigenvalue weighted by molar-refractivity contribution is 0.186. The Hall–Kier alpha value is -0.800. The van der Waals surface area contributed by atoms with Gasteiger partial charge in [-0.2, -0.15) is 0 Å². The molecule has 0 radical (unpaired) electrons. The molecule has 1 aromatic rings. The van der Waals surface area contributed by atoms with E-state index in [1.54, 1.807) is 13.0 Å². The Labute approximate surface area is 58.9 Å². The number of aliphatic hydroxyl groups excluding tert-OH is 2. The highest BCUT2D eigenvalue weighted by Gasteiger charge is 2.08. The normalized spacial score (nSPS) is 13.5. The predicted molar refractivity (Wildman–Crippen MR) is 35.3 cm³/mol. The molecule has 1 rings (SSSR count). The van der Waals surface area contributed by atoms with Crippen LogP contribution >= 0.6 is 0 Å². The van der Waals surface area contributed by atoms with Gasteiger partial charge in [-0.05, 0) is 13.0 Å². The van der Waals surface area contributed by atoms with Crippen molar-refractivity contribution in [3.63, 3.8) is 0 Å². The maximum Gasteiger partial charge on any atom is 0.134 e. The van der Waals surface area contributed by atoms with Crippen molar-refractivity contribution in [2.75, 3.05) is 0 Å². The highest BCUT2D eigenvalue weighted by molar-refractivity contribution is 5.18. The van der Waals surface area contributed by atoms with Gasteiger partial charge in [-0.3, -0.25) is 0 Å². The van der Waals surface area contributed by atoms with Crippen LogP contribution in [-0.2, 0) is 6.61 Å². The van der Waals surface area contributed by atoms with Crippen molar-refractivity contribution in [3.8, 4) is 0 Å². The summed E-state index contributed by atoms with van der Waals surface area (Å²) >= 11 is 0. The van der Waals surface area contributed by atoms with Crippen molar-refractivity contribution < 1.29 is 14.6 Å². The molecule has 0 saturated carbocycles. The van der Waals surface area contributed by atoms with Gasteiger partial charge in [0.05, 0.1) is 12.4 Å². The average molecular weight is 142 g/mol. The van der Waals surface area contributed by atoms with Crippen LogP contribution < -0.4 is 0 Å². The van der Waals surface area contributed by atoms with E-state index in [4.69, 9.17) is 14.6 Å². The highest BCUT2D eigenvalue weighted by atomic mass is 16.4. The Kier molecular flexibility index (Phi) is 2.09. The molecule has 1 aromatic heterocycles. The zero-order valence-corrected chi connectivity index (χ0v) is 5.74. The number of rotatable bonds is 2. The molecule has 1 atom stereocenters. The summed E-state index contributed by atoms with van der Waals surface area (Å²) in [4.78, 5) is 0. The van der Waals surface area contributed by atoms with Gasteiger partial charge in [0, 0.05) is 5.56 Å². The highest BCUT2D eigenvalue weighted by Crippen LogP contribution is 2.18. The summed E-state index contributed by atoms with van der Waals surface area (Å²) in [6.07, 6.45) is 0.883. The molecule has 2 N–H and O–H groups in total. The molecule has 0 saturated heterocycles. The van der Waals surface area contributed by atoms with Gasteiger partial charge < -0.3 is 14.6 Å². The monoisotopic (exact) mass is 142 g/mol. The second kappa shape index (κ2) is 2.86. The first-order chi connectivity index (χ1) is 4.75. The maximum absolute atomic E-state index is 9.05. The van der Waals surface area contributed by atoms with Crippen LogP contribution in [0, 0.1) is 0 Å². The molecule has 0 bridgehead atoms. The van der Waals surface area contributed by atoms with E-state index < -0.39 is 6.10 Å². The van der Waals surface area contributed by atoms with Crippen LogP contribution in [0.4, 0.5) is 0 Å². The first-order valence-corrected chi connectivity index (χ1v) is 3.11. The van der Waals surface area contributed by atoms with E-state index in [0.717, 1.165) is 0 Å². The first kappa shape index (κ1) is 7.31. The van der Waals surface area contributed by atoms with E-state index >= 15 is 0 Å². The van der Waals surface area contributed by atoms with Crippen LogP contribution in [-0.4, -0.2) is 10.2 Å². The van der Waals surface area contributed by atoms with E-state index in [9.17, 15) is 0 Å². The lowest BCUT2D eigenvalue weighted by Crippen LogP contribution is -1.93. The van der Waals surface area contributed by atoms with Crippen LogP contribution in [0.3, 0.4) is 0 Å². The van der Waals surface area contributed by atoms with Crippen molar-refractivity contribution in [2.45, 2.75) is 19.6 Å². The molecule has 0 amide bonds. The Bertz CT molecular complexity index is 202. The number of hydrogen-bond acceptors (Lipinski definition) is 3. The van der Waals surface area contributed by atoms with Gasteiger partial charge >= 0.3 is 0 Å². The van der Waals surface area contributed by atoms with E-state index in [0.29, 0.717) is 11.3 Å². The van der Waals surface area contributed by atoms with Gasteiger partial charge in [0.1, 0.15) is 12.4 Å². The molecule has 0 spiro atoms. The van der Waals surface area contributed by atoms with Crippen molar-refractivity contribution in [2.24, 2.45) is 0 Å². The minimum atomic E-state index is -0.569. The van der Waals surface area contributed by atoms with Crippen LogP contribution in [0.15, 0.2) is 16.7 Å². The molecule has 1 heterocycles. The second-order valence-electron chi connectivity index (χ2n) is 2.13.